The number of thioether (sulfide) groups is 1. The monoisotopic (exact) mass is 490 g/mol. The van der Waals surface area contributed by atoms with Gasteiger partial charge in [0.25, 0.3) is 0 Å². The minimum absolute atomic E-state index is 0.124. The van der Waals surface area contributed by atoms with E-state index in [1.165, 1.54) is 6.07 Å². The van der Waals surface area contributed by atoms with Gasteiger partial charge in [-0.1, -0.05) is 30.7 Å². The van der Waals surface area contributed by atoms with Gasteiger partial charge >= 0.3 is 6.18 Å². The maximum Gasteiger partial charge on any atom is 0.416 e. The van der Waals surface area contributed by atoms with Gasteiger partial charge in [0, 0.05) is 11.6 Å². The molecule has 1 atom stereocenters. The summed E-state index contributed by atoms with van der Waals surface area (Å²) in [6.07, 6.45) is -0.370. The lowest BCUT2D eigenvalue weighted by Gasteiger charge is -2.17. The molecule has 0 radical (unpaired) electrons. The number of rotatable bonds is 7. The van der Waals surface area contributed by atoms with Crippen molar-refractivity contribution in [3.63, 3.8) is 0 Å². The standard InChI is InChI=1S/C24H25F3N4O2S/c1-15(22(32)28-18-7-3-4-8-18)34-23-30-29-21(16-10-12-20(33-2)13-11-16)31(23)19-9-5-6-17(14-19)24(25,26)27/h5-6,9-15,18H,3-4,7-8H2,1-2H3,(H,28,32)/t15-/m0/s1. The maximum atomic E-state index is 13.4. The first-order valence-electron chi connectivity index (χ1n) is 11.0. The molecule has 3 aromatic rings. The predicted molar refractivity (Wildman–Crippen MR) is 124 cm³/mol. The fourth-order valence-corrected chi connectivity index (χ4v) is 4.80. The number of carbonyl (C=O) groups is 1. The van der Waals surface area contributed by atoms with Crippen LogP contribution in [0.4, 0.5) is 13.2 Å². The third-order valence-electron chi connectivity index (χ3n) is 5.77. The molecule has 6 nitrogen and oxygen atoms in total. The molecule has 2 aromatic carbocycles. The minimum Gasteiger partial charge on any atom is -0.497 e. The summed E-state index contributed by atoms with van der Waals surface area (Å²) in [5.41, 5.74) is 0.138. The molecule has 1 N–H and O–H groups in total. The van der Waals surface area contributed by atoms with Crippen LogP contribution in [0.2, 0.25) is 0 Å². The molecule has 1 aliphatic carbocycles. The smallest absolute Gasteiger partial charge is 0.416 e. The van der Waals surface area contributed by atoms with Crippen molar-refractivity contribution in [1.29, 1.82) is 0 Å². The van der Waals surface area contributed by atoms with Gasteiger partial charge in [-0.3, -0.25) is 9.36 Å². The van der Waals surface area contributed by atoms with Gasteiger partial charge in [0.15, 0.2) is 11.0 Å². The number of aromatic nitrogens is 3. The second kappa shape index (κ2) is 10.1. The van der Waals surface area contributed by atoms with E-state index in [4.69, 9.17) is 4.74 Å². The van der Waals surface area contributed by atoms with Gasteiger partial charge in [0.2, 0.25) is 5.91 Å². The van der Waals surface area contributed by atoms with Crippen molar-refractivity contribution in [2.24, 2.45) is 0 Å². The van der Waals surface area contributed by atoms with E-state index < -0.39 is 17.0 Å². The first kappa shape index (κ1) is 24.1. The van der Waals surface area contributed by atoms with Crippen molar-refractivity contribution in [2.75, 3.05) is 7.11 Å². The van der Waals surface area contributed by atoms with Crippen LogP contribution in [0.15, 0.2) is 53.7 Å². The lowest BCUT2D eigenvalue weighted by atomic mass is 10.1. The molecule has 0 bridgehead atoms. The van der Waals surface area contributed by atoms with Gasteiger partial charge < -0.3 is 10.1 Å². The molecule has 180 valence electrons. The van der Waals surface area contributed by atoms with Crippen LogP contribution in [0.3, 0.4) is 0 Å². The summed E-state index contributed by atoms with van der Waals surface area (Å²) >= 11 is 1.16. The molecule has 1 aromatic heterocycles. The second-order valence-corrected chi connectivity index (χ2v) is 9.48. The Morgan fingerprint density at radius 2 is 1.85 bits per heavy atom. The topological polar surface area (TPSA) is 69.0 Å². The number of halogens is 3. The van der Waals surface area contributed by atoms with E-state index >= 15 is 0 Å². The average Bonchev–Trinajstić information content (AvgIpc) is 3.48. The van der Waals surface area contributed by atoms with Crippen molar-refractivity contribution in [3.8, 4) is 22.8 Å². The zero-order valence-electron chi connectivity index (χ0n) is 18.8. The Hall–Kier alpha value is -3.01. The Balaban J connectivity index is 1.70. The van der Waals surface area contributed by atoms with E-state index in [1.807, 2.05) is 0 Å². The Bertz CT molecular complexity index is 1140. The number of carbonyl (C=O) groups excluding carboxylic acids is 1. The number of amides is 1. The van der Waals surface area contributed by atoms with Gasteiger partial charge in [0.1, 0.15) is 5.75 Å². The summed E-state index contributed by atoms with van der Waals surface area (Å²) in [7, 11) is 1.55. The van der Waals surface area contributed by atoms with Crippen LogP contribution in [0, 0.1) is 0 Å². The molecule has 0 unspecified atom stereocenters. The lowest BCUT2D eigenvalue weighted by molar-refractivity contribution is -0.137. The number of nitrogens with one attached hydrogen (secondary N) is 1. The predicted octanol–water partition coefficient (Wildman–Crippen LogP) is 5.50. The first-order valence-corrected chi connectivity index (χ1v) is 11.9. The molecule has 1 fully saturated rings. The number of ether oxygens (including phenoxy) is 1. The van der Waals surface area contributed by atoms with E-state index in [1.54, 1.807) is 48.9 Å². The third kappa shape index (κ3) is 5.38. The van der Waals surface area contributed by atoms with E-state index in [0.717, 1.165) is 49.6 Å². The van der Waals surface area contributed by atoms with E-state index in [9.17, 15) is 18.0 Å². The molecule has 34 heavy (non-hydrogen) atoms. The van der Waals surface area contributed by atoms with Crippen LogP contribution >= 0.6 is 11.8 Å². The van der Waals surface area contributed by atoms with Crippen molar-refractivity contribution < 1.29 is 22.7 Å². The zero-order chi connectivity index (χ0) is 24.3. The largest absolute Gasteiger partial charge is 0.497 e. The maximum absolute atomic E-state index is 13.4. The number of alkyl halides is 3. The van der Waals surface area contributed by atoms with Crippen molar-refractivity contribution in [3.05, 3.63) is 54.1 Å². The minimum atomic E-state index is -4.49. The molecule has 0 saturated heterocycles. The number of hydrogen-bond acceptors (Lipinski definition) is 5. The van der Waals surface area contributed by atoms with Crippen LogP contribution in [0.1, 0.15) is 38.2 Å². The summed E-state index contributed by atoms with van der Waals surface area (Å²) in [4.78, 5) is 12.7. The molecule has 1 heterocycles. The Kier molecular flexibility index (Phi) is 7.16. The summed E-state index contributed by atoms with van der Waals surface area (Å²) in [6.45, 7) is 1.76. The number of benzene rings is 2. The van der Waals surface area contributed by atoms with E-state index in [0.29, 0.717) is 22.3 Å². The molecular weight excluding hydrogens is 465 g/mol. The van der Waals surface area contributed by atoms with Crippen LogP contribution in [-0.4, -0.2) is 39.1 Å². The molecule has 1 aliphatic rings. The Morgan fingerprint density at radius 1 is 1.15 bits per heavy atom. The average molecular weight is 491 g/mol. The zero-order valence-corrected chi connectivity index (χ0v) is 19.6. The summed E-state index contributed by atoms with van der Waals surface area (Å²) in [5.74, 6) is 0.884. The summed E-state index contributed by atoms with van der Waals surface area (Å²) < 4.78 is 47.0. The highest BCUT2D eigenvalue weighted by Gasteiger charge is 2.31. The fraction of sp³-hybridized carbons (Fsp3) is 0.375. The van der Waals surface area contributed by atoms with Crippen molar-refractivity contribution in [2.45, 2.75) is 55.2 Å². The van der Waals surface area contributed by atoms with Crippen LogP contribution in [-0.2, 0) is 11.0 Å². The van der Waals surface area contributed by atoms with Crippen molar-refractivity contribution >= 4 is 17.7 Å². The van der Waals surface area contributed by atoms with E-state index in [2.05, 4.69) is 15.5 Å². The molecule has 0 spiro atoms. The Morgan fingerprint density at radius 3 is 2.50 bits per heavy atom. The normalized spacial score (nSPS) is 15.3. The molecule has 10 heteroatoms. The Labute approximate surface area is 199 Å². The second-order valence-electron chi connectivity index (χ2n) is 8.17. The summed E-state index contributed by atoms with van der Waals surface area (Å²) in [5, 5.41) is 11.4. The fourth-order valence-electron chi connectivity index (χ4n) is 3.93. The summed E-state index contributed by atoms with van der Waals surface area (Å²) in [6, 6.07) is 12.2. The van der Waals surface area contributed by atoms with Gasteiger partial charge in [-0.2, -0.15) is 13.2 Å². The van der Waals surface area contributed by atoms with Crippen LogP contribution in [0.25, 0.3) is 17.1 Å². The molecule has 4 rings (SSSR count). The SMILES string of the molecule is COc1ccc(-c2nnc(S[C@@H](C)C(=O)NC3CCCC3)n2-c2cccc(C(F)(F)F)c2)cc1. The molecule has 1 saturated carbocycles. The number of hydrogen-bond donors (Lipinski definition) is 1. The molecule has 1 amide bonds. The van der Waals surface area contributed by atoms with Crippen LogP contribution in [0.5, 0.6) is 5.75 Å². The van der Waals surface area contributed by atoms with Gasteiger partial charge in [-0.05, 0) is 62.2 Å². The third-order valence-corrected chi connectivity index (χ3v) is 6.81. The quantitative estimate of drug-likeness (QED) is 0.443. The number of methoxy groups -OCH3 is 1. The number of nitrogens with zero attached hydrogens (tertiary/aromatic N) is 3. The highest BCUT2D eigenvalue weighted by atomic mass is 32.2. The van der Waals surface area contributed by atoms with E-state index in [-0.39, 0.29) is 17.6 Å². The van der Waals surface area contributed by atoms with Gasteiger partial charge in [-0.25, -0.2) is 0 Å². The first-order chi connectivity index (χ1) is 16.3. The van der Waals surface area contributed by atoms with Crippen molar-refractivity contribution in [1.82, 2.24) is 20.1 Å². The molecule has 0 aliphatic heterocycles. The molecular formula is C24H25F3N4O2S. The lowest BCUT2D eigenvalue weighted by Crippen LogP contribution is -2.37. The van der Waals surface area contributed by atoms with Crippen LogP contribution < -0.4 is 10.1 Å². The highest BCUT2D eigenvalue weighted by Crippen LogP contribution is 2.34. The van der Waals surface area contributed by atoms with Gasteiger partial charge in [0.05, 0.1) is 23.6 Å². The highest BCUT2D eigenvalue weighted by molar-refractivity contribution is 8.00. The van der Waals surface area contributed by atoms with Gasteiger partial charge in [-0.15, -0.1) is 10.2 Å².